The molecule has 3 heterocycles. The summed E-state index contributed by atoms with van der Waals surface area (Å²) in [6.07, 6.45) is 2.72. The summed E-state index contributed by atoms with van der Waals surface area (Å²) in [5.41, 5.74) is 12.4. The molecule has 3 rings (SSSR count). The lowest BCUT2D eigenvalue weighted by Gasteiger charge is -2.01. The Kier molecular flexibility index (Phi) is 3.63. The maximum absolute atomic E-state index is 8.68. The molecule has 0 aromatic carbocycles. The average Bonchev–Trinajstić information content (AvgIpc) is 3.02. The number of nitrogens with two attached hydrogens (primary N) is 2. The van der Waals surface area contributed by atoms with E-state index in [0.29, 0.717) is 22.5 Å². The van der Waals surface area contributed by atoms with Gasteiger partial charge in [0.2, 0.25) is 0 Å². The van der Waals surface area contributed by atoms with Gasteiger partial charge in [0.15, 0.2) is 23.2 Å². The van der Waals surface area contributed by atoms with Crippen LogP contribution in [0.5, 0.6) is 0 Å². The zero-order chi connectivity index (χ0) is 19.6. The van der Waals surface area contributed by atoms with E-state index in [-0.39, 0.29) is 35.3 Å². The summed E-state index contributed by atoms with van der Waals surface area (Å²) >= 11 is 0. The van der Waals surface area contributed by atoms with Gasteiger partial charge in [0.1, 0.15) is 11.4 Å². The molecule has 0 saturated heterocycles. The monoisotopic (exact) mass is 342 g/mol. The first-order valence-electron chi connectivity index (χ1n) is 7.95. The Morgan fingerprint density at radius 1 is 0.880 bits per heavy atom. The Hall–Kier alpha value is -3.88. The first-order valence-corrected chi connectivity index (χ1v) is 6.95. The first kappa shape index (κ1) is 13.5. The van der Waals surface area contributed by atoms with E-state index in [1.165, 1.54) is 24.5 Å². The molecule has 9 heteroatoms. The molecule has 3 aromatic rings. The van der Waals surface area contributed by atoms with E-state index in [0.717, 1.165) is 0 Å². The maximum atomic E-state index is 8.68. The van der Waals surface area contributed by atoms with Gasteiger partial charge in [0.05, 0.1) is 2.74 Å². The largest absolute Gasteiger partial charge is 0.453 e. The highest BCUT2D eigenvalue weighted by molar-refractivity contribution is 5.97. The van der Waals surface area contributed by atoms with Gasteiger partial charge in [-0.3, -0.25) is 9.97 Å². The van der Waals surface area contributed by atoms with Crippen LogP contribution < -0.4 is 11.5 Å². The van der Waals surface area contributed by atoms with E-state index in [4.69, 9.17) is 29.0 Å². The van der Waals surface area contributed by atoms with E-state index >= 15 is 0 Å². The smallest absolute Gasteiger partial charge is 0.171 e. The third-order valence-electron chi connectivity index (χ3n) is 3.29. The molecule has 0 radical (unpaired) electrons. The fourth-order valence-corrected chi connectivity index (χ4v) is 1.97. The van der Waals surface area contributed by atoms with Crippen molar-refractivity contribution in [2.45, 2.75) is 0 Å². The van der Waals surface area contributed by atoms with E-state index < -0.39 is 0 Å². The van der Waals surface area contributed by atoms with Crippen molar-refractivity contribution in [3.8, 4) is 22.9 Å². The van der Waals surface area contributed by atoms with E-state index in [9.17, 15) is 0 Å². The third-order valence-corrected chi connectivity index (χ3v) is 3.29. The molecule has 6 N–H and O–H groups in total. The third kappa shape index (κ3) is 3.24. The molecule has 0 spiro atoms. The molecule has 0 atom stereocenters. The van der Waals surface area contributed by atoms with Crippen LogP contribution in [0.15, 0.2) is 63.5 Å². The fourth-order valence-electron chi connectivity index (χ4n) is 1.97. The second-order valence-corrected chi connectivity index (χ2v) is 4.85. The van der Waals surface area contributed by atoms with Crippen molar-refractivity contribution < 1.29 is 17.6 Å². The van der Waals surface area contributed by atoms with Crippen LogP contribution in [0.1, 0.15) is 13.9 Å². The minimum atomic E-state index is -0.156. The number of hydrogen-bond acceptors (Lipinski definition) is 7. The Bertz CT molecular complexity index is 948. The first-order chi connectivity index (χ1) is 13.0. The predicted octanol–water partition coefficient (Wildman–Crippen LogP) is 1.59. The van der Waals surface area contributed by atoms with E-state index in [1.54, 1.807) is 12.1 Å². The quantitative estimate of drug-likeness (QED) is 0.184. The van der Waals surface area contributed by atoms with E-state index in [2.05, 4.69) is 20.3 Å². The molecule has 126 valence electrons. The van der Waals surface area contributed by atoms with Crippen molar-refractivity contribution >= 4 is 11.7 Å². The lowest BCUT2D eigenvalue weighted by Crippen LogP contribution is -2.13. The summed E-state index contributed by atoms with van der Waals surface area (Å²) in [7, 11) is 0. The Morgan fingerprint density at radius 3 is 1.64 bits per heavy atom. The van der Waals surface area contributed by atoms with Crippen molar-refractivity contribution in [2.24, 2.45) is 21.8 Å². The molecule has 3 aromatic heterocycles. The molecular formula is C16H14N6O3. The van der Waals surface area contributed by atoms with Gasteiger partial charge in [-0.1, -0.05) is 10.3 Å². The van der Waals surface area contributed by atoms with Gasteiger partial charge in [-0.15, -0.1) is 0 Å². The molecule has 0 aliphatic carbocycles. The molecule has 0 amide bonds. The van der Waals surface area contributed by atoms with Gasteiger partial charge in [-0.05, 0) is 36.4 Å². The molecule has 0 unspecified atom stereocenters. The van der Waals surface area contributed by atoms with Crippen LogP contribution in [0.25, 0.3) is 22.9 Å². The maximum Gasteiger partial charge on any atom is 0.171 e. The second-order valence-electron chi connectivity index (χ2n) is 4.85. The number of hydrogen-bond donors (Lipinski definition) is 4. The summed E-state index contributed by atoms with van der Waals surface area (Å²) in [6, 6.07) is 5.84. The lowest BCUT2D eigenvalue weighted by molar-refractivity contribution is 0.318. The van der Waals surface area contributed by atoms with Crippen molar-refractivity contribution in [2.75, 3.05) is 0 Å². The molecule has 0 fully saturated rings. The van der Waals surface area contributed by atoms with Gasteiger partial charge >= 0.3 is 0 Å². The highest BCUT2D eigenvalue weighted by Crippen LogP contribution is 2.26. The number of nitrogens with zero attached hydrogens (tertiary/aromatic N) is 4. The lowest BCUT2D eigenvalue weighted by atomic mass is 10.2. The van der Waals surface area contributed by atoms with Gasteiger partial charge in [0.25, 0.3) is 0 Å². The molecule has 0 bridgehead atoms. The molecule has 0 aliphatic heterocycles. The zero-order valence-electron chi connectivity index (χ0n) is 14.7. The Labute approximate surface area is 144 Å². The molecule has 0 saturated carbocycles. The second kappa shape index (κ2) is 6.71. The molecule has 0 aliphatic rings. The van der Waals surface area contributed by atoms with Crippen molar-refractivity contribution in [3.05, 3.63) is 59.9 Å². The van der Waals surface area contributed by atoms with Crippen molar-refractivity contribution in [1.29, 1.82) is 0 Å². The summed E-state index contributed by atoms with van der Waals surface area (Å²) in [5.74, 6) is -0.0281. The minimum absolute atomic E-state index is 0.0865. The van der Waals surface area contributed by atoms with E-state index in [1.807, 2.05) is 0 Å². The topological polar surface area (TPSA) is 156 Å². The predicted molar refractivity (Wildman–Crippen MR) is 90.2 cm³/mol. The summed E-state index contributed by atoms with van der Waals surface area (Å²) < 4.78 is 21.9. The van der Waals surface area contributed by atoms with Crippen molar-refractivity contribution in [1.82, 2.24) is 9.97 Å². The van der Waals surface area contributed by atoms with Gasteiger partial charge < -0.3 is 26.3 Å². The van der Waals surface area contributed by atoms with Gasteiger partial charge in [-0.2, -0.15) is 0 Å². The van der Waals surface area contributed by atoms with Crippen LogP contribution in [0, 0.1) is 0 Å². The summed E-state index contributed by atoms with van der Waals surface area (Å²) in [5, 5.41) is 23.1. The highest BCUT2D eigenvalue weighted by atomic mass is 16.7. The normalized spacial score (nSPS) is 13.4. The summed E-state index contributed by atoms with van der Waals surface area (Å²) in [6.45, 7) is 0. The van der Waals surface area contributed by atoms with Crippen LogP contribution in [0.4, 0.5) is 0 Å². The Morgan fingerprint density at radius 2 is 1.32 bits per heavy atom. The number of oxime groups is 2. The van der Waals surface area contributed by atoms with Crippen molar-refractivity contribution in [3.63, 3.8) is 0 Å². The summed E-state index contributed by atoms with van der Waals surface area (Å²) in [4.78, 5) is 8.25. The zero-order valence-corrected chi connectivity index (χ0v) is 12.7. The fraction of sp³-hybridized carbons (Fsp3) is 0. The average molecular weight is 342 g/mol. The highest BCUT2D eigenvalue weighted by Gasteiger charge is 2.10. The van der Waals surface area contributed by atoms with Crippen LogP contribution in [0.2, 0.25) is 0 Å². The number of pyridine rings is 2. The standard InChI is InChI=1S/C16H14N6O3/c17-15(21-23)9-1-3-11(19-7-9)13-5-6-14(25-13)12-4-2-10(8-20-12)16(18)22-24/h1-8,23-24H,(H2,17,21)(H2,18,22)/i5D,6D,21+1,22+1. The van der Waals surface area contributed by atoms with Gasteiger partial charge in [-0.25, -0.2) is 0 Å². The van der Waals surface area contributed by atoms with Crippen LogP contribution in [0.3, 0.4) is 0 Å². The molecule has 9 nitrogen and oxygen atoms in total. The number of amidine groups is 2. The minimum Gasteiger partial charge on any atom is -0.453 e. The van der Waals surface area contributed by atoms with Crippen LogP contribution >= 0.6 is 0 Å². The molecule has 25 heavy (non-hydrogen) atoms. The molecular weight excluding hydrogens is 326 g/mol. The number of furan rings is 1. The van der Waals surface area contributed by atoms with Crippen LogP contribution in [-0.4, -0.2) is 32.1 Å². The number of aromatic nitrogens is 2. The van der Waals surface area contributed by atoms with Gasteiger partial charge in [0, 0.05) is 23.5 Å². The Balaban J connectivity index is 1.99. The SMILES string of the molecule is [2H]c1c(-c2ccc(/C(N)=[15N]\O)cn2)oc(-c2ccc(/C(N)=[15N]\O)cn2)c1[2H]. The van der Waals surface area contributed by atoms with Crippen LogP contribution in [-0.2, 0) is 0 Å². The number of rotatable bonds is 4.